The first kappa shape index (κ1) is 11.7. The molecule has 0 saturated carbocycles. The first-order valence-electron chi connectivity index (χ1n) is 5.39. The standard InChI is InChI=1S/C12H14FN3O/c1-7-6-9(13)4-5-10(7)12-16-15-11(17-12)8(2)14-3/h4-6,8,14H,1-3H3. The van der Waals surface area contributed by atoms with Gasteiger partial charge in [0, 0.05) is 5.56 Å². The zero-order valence-electron chi connectivity index (χ0n) is 9.99. The quantitative estimate of drug-likeness (QED) is 0.887. The van der Waals surface area contributed by atoms with Crippen molar-refractivity contribution in [3.63, 3.8) is 0 Å². The number of halogens is 1. The maximum atomic E-state index is 13.0. The monoisotopic (exact) mass is 235 g/mol. The van der Waals surface area contributed by atoms with Crippen molar-refractivity contribution in [2.24, 2.45) is 0 Å². The van der Waals surface area contributed by atoms with E-state index < -0.39 is 0 Å². The normalized spacial score (nSPS) is 12.7. The summed E-state index contributed by atoms with van der Waals surface area (Å²) < 4.78 is 18.5. The minimum Gasteiger partial charge on any atom is -0.419 e. The molecule has 0 aliphatic heterocycles. The smallest absolute Gasteiger partial charge is 0.248 e. The topological polar surface area (TPSA) is 51.0 Å². The van der Waals surface area contributed by atoms with E-state index in [9.17, 15) is 4.39 Å². The molecule has 2 rings (SSSR count). The van der Waals surface area contributed by atoms with Crippen molar-refractivity contribution in [2.75, 3.05) is 7.05 Å². The lowest BCUT2D eigenvalue weighted by molar-refractivity contribution is 0.441. The molecular formula is C12H14FN3O. The summed E-state index contributed by atoms with van der Waals surface area (Å²) in [6.45, 7) is 3.73. The van der Waals surface area contributed by atoms with Crippen molar-refractivity contribution in [2.45, 2.75) is 19.9 Å². The van der Waals surface area contributed by atoms with Crippen LogP contribution >= 0.6 is 0 Å². The Labute approximate surface area is 98.9 Å². The van der Waals surface area contributed by atoms with E-state index >= 15 is 0 Å². The van der Waals surface area contributed by atoms with Crippen molar-refractivity contribution in [1.29, 1.82) is 0 Å². The molecule has 1 N–H and O–H groups in total. The number of aromatic nitrogens is 2. The highest BCUT2D eigenvalue weighted by molar-refractivity contribution is 5.57. The van der Waals surface area contributed by atoms with E-state index in [1.807, 2.05) is 20.9 Å². The summed E-state index contributed by atoms with van der Waals surface area (Å²) in [6.07, 6.45) is 0. The van der Waals surface area contributed by atoms with Gasteiger partial charge in [0.1, 0.15) is 5.82 Å². The highest BCUT2D eigenvalue weighted by Gasteiger charge is 2.14. The number of rotatable bonds is 3. The van der Waals surface area contributed by atoms with Gasteiger partial charge in [0.25, 0.3) is 0 Å². The molecule has 0 bridgehead atoms. The molecule has 4 nitrogen and oxygen atoms in total. The Morgan fingerprint density at radius 2 is 2.12 bits per heavy atom. The Hall–Kier alpha value is -1.75. The fraction of sp³-hybridized carbons (Fsp3) is 0.333. The lowest BCUT2D eigenvalue weighted by Crippen LogP contribution is -2.12. The van der Waals surface area contributed by atoms with Crippen molar-refractivity contribution in [3.8, 4) is 11.5 Å². The second-order valence-electron chi connectivity index (χ2n) is 3.92. The fourth-order valence-corrected chi connectivity index (χ4v) is 1.51. The first-order valence-corrected chi connectivity index (χ1v) is 5.39. The van der Waals surface area contributed by atoms with Crippen molar-refractivity contribution in [1.82, 2.24) is 15.5 Å². The molecule has 0 radical (unpaired) electrons. The predicted molar refractivity (Wildman–Crippen MR) is 61.9 cm³/mol. The molecule has 1 aromatic carbocycles. The number of nitrogens with zero attached hydrogens (tertiary/aromatic N) is 2. The van der Waals surface area contributed by atoms with E-state index in [4.69, 9.17) is 4.42 Å². The third kappa shape index (κ3) is 2.34. The summed E-state index contributed by atoms with van der Waals surface area (Å²) in [5.41, 5.74) is 1.53. The molecule has 2 aromatic rings. The summed E-state index contributed by atoms with van der Waals surface area (Å²) in [6, 6.07) is 4.47. The van der Waals surface area contributed by atoms with Gasteiger partial charge in [0.2, 0.25) is 11.8 Å². The van der Waals surface area contributed by atoms with E-state index in [0.717, 1.165) is 11.1 Å². The van der Waals surface area contributed by atoms with Crippen LogP contribution in [-0.4, -0.2) is 17.2 Å². The molecule has 17 heavy (non-hydrogen) atoms. The van der Waals surface area contributed by atoms with Gasteiger partial charge < -0.3 is 9.73 Å². The molecule has 1 unspecified atom stereocenters. The number of aryl methyl sites for hydroxylation is 1. The molecular weight excluding hydrogens is 221 g/mol. The lowest BCUT2D eigenvalue weighted by atomic mass is 10.1. The summed E-state index contributed by atoms with van der Waals surface area (Å²) in [4.78, 5) is 0. The summed E-state index contributed by atoms with van der Waals surface area (Å²) in [7, 11) is 1.82. The molecule has 1 atom stereocenters. The molecule has 5 heteroatoms. The molecule has 90 valence electrons. The average Bonchev–Trinajstić information content (AvgIpc) is 2.77. The highest BCUT2D eigenvalue weighted by Crippen LogP contribution is 2.24. The van der Waals surface area contributed by atoms with Crippen LogP contribution in [0.1, 0.15) is 24.4 Å². The van der Waals surface area contributed by atoms with E-state index in [2.05, 4.69) is 15.5 Å². The van der Waals surface area contributed by atoms with Gasteiger partial charge in [-0.05, 0) is 44.7 Å². The highest BCUT2D eigenvalue weighted by atomic mass is 19.1. The van der Waals surface area contributed by atoms with Gasteiger partial charge in [0.05, 0.1) is 6.04 Å². The second-order valence-corrected chi connectivity index (χ2v) is 3.92. The number of hydrogen-bond acceptors (Lipinski definition) is 4. The lowest BCUT2D eigenvalue weighted by Gasteiger charge is -2.03. The Balaban J connectivity index is 2.37. The van der Waals surface area contributed by atoms with E-state index in [1.165, 1.54) is 12.1 Å². The van der Waals surface area contributed by atoms with Crippen LogP contribution in [-0.2, 0) is 0 Å². The maximum Gasteiger partial charge on any atom is 0.248 e. The third-order valence-corrected chi connectivity index (χ3v) is 2.66. The van der Waals surface area contributed by atoms with E-state index in [-0.39, 0.29) is 11.9 Å². The summed E-state index contributed by atoms with van der Waals surface area (Å²) in [5.74, 6) is 0.667. The zero-order valence-corrected chi connectivity index (χ0v) is 9.99. The Morgan fingerprint density at radius 1 is 1.35 bits per heavy atom. The fourth-order valence-electron chi connectivity index (χ4n) is 1.51. The van der Waals surface area contributed by atoms with Crippen LogP contribution in [0, 0.1) is 12.7 Å². The Bertz CT molecular complexity index is 524. The molecule has 0 saturated heterocycles. The molecule has 1 heterocycles. The van der Waals surface area contributed by atoms with Crippen LogP contribution in [0.25, 0.3) is 11.5 Å². The van der Waals surface area contributed by atoms with Crippen LogP contribution in [0.15, 0.2) is 22.6 Å². The number of nitrogens with one attached hydrogen (secondary N) is 1. The second kappa shape index (κ2) is 4.63. The zero-order chi connectivity index (χ0) is 12.4. The minimum absolute atomic E-state index is 0.00277. The summed E-state index contributed by atoms with van der Waals surface area (Å²) in [5, 5.41) is 10.9. The molecule has 0 aliphatic carbocycles. The summed E-state index contributed by atoms with van der Waals surface area (Å²) >= 11 is 0. The van der Waals surface area contributed by atoms with Crippen LogP contribution < -0.4 is 5.32 Å². The van der Waals surface area contributed by atoms with Crippen LogP contribution in [0.4, 0.5) is 4.39 Å². The van der Waals surface area contributed by atoms with Crippen molar-refractivity contribution >= 4 is 0 Å². The van der Waals surface area contributed by atoms with Crippen molar-refractivity contribution < 1.29 is 8.81 Å². The van der Waals surface area contributed by atoms with Crippen LogP contribution in [0.2, 0.25) is 0 Å². The van der Waals surface area contributed by atoms with Gasteiger partial charge in [-0.1, -0.05) is 0 Å². The third-order valence-electron chi connectivity index (χ3n) is 2.66. The van der Waals surface area contributed by atoms with Crippen LogP contribution in [0.5, 0.6) is 0 Å². The molecule has 0 fully saturated rings. The van der Waals surface area contributed by atoms with E-state index in [1.54, 1.807) is 6.07 Å². The number of hydrogen-bond donors (Lipinski definition) is 1. The largest absolute Gasteiger partial charge is 0.419 e. The van der Waals surface area contributed by atoms with Crippen molar-refractivity contribution in [3.05, 3.63) is 35.5 Å². The van der Waals surface area contributed by atoms with E-state index in [0.29, 0.717) is 11.8 Å². The van der Waals surface area contributed by atoms with Gasteiger partial charge in [0.15, 0.2) is 0 Å². The SMILES string of the molecule is CNC(C)c1nnc(-c2ccc(F)cc2C)o1. The predicted octanol–water partition coefficient (Wildman–Crippen LogP) is 2.46. The Kier molecular flexibility index (Phi) is 3.19. The van der Waals surface area contributed by atoms with Gasteiger partial charge >= 0.3 is 0 Å². The average molecular weight is 235 g/mol. The van der Waals surface area contributed by atoms with Gasteiger partial charge in [-0.15, -0.1) is 10.2 Å². The van der Waals surface area contributed by atoms with Gasteiger partial charge in [-0.3, -0.25) is 0 Å². The maximum absolute atomic E-state index is 13.0. The molecule has 0 spiro atoms. The molecule has 1 aromatic heterocycles. The Morgan fingerprint density at radius 3 is 2.76 bits per heavy atom. The minimum atomic E-state index is -0.269. The molecule has 0 aliphatic rings. The number of benzene rings is 1. The van der Waals surface area contributed by atoms with Crippen LogP contribution in [0.3, 0.4) is 0 Å². The van der Waals surface area contributed by atoms with Gasteiger partial charge in [-0.25, -0.2) is 4.39 Å². The van der Waals surface area contributed by atoms with Gasteiger partial charge in [-0.2, -0.15) is 0 Å². The molecule has 0 amide bonds. The first-order chi connectivity index (χ1) is 8.11.